The minimum atomic E-state index is -3.57. The van der Waals surface area contributed by atoms with Crippen LogP contribution in [0.15, 0.2) is 21.5 Å². The lowest BCUT2D eigenvalue weighted by atomic mass is 10.1. The van der Waals surface area contributed by atoms with Gasteiger partial charge in [-0.05, 0) is 43.5 Å². The average Bonchev–Trinajstić information content (AvgIpc) is 2.38. The van der Waals surface area contributed by atoms with Crippen LogP contribution < -0.4 is 10.5 Å². The van der Waals surface area contributed by atoms with E-state index in [4.69, 9.17) is 10.5 Å². The van der Waals surface area contributed by atoms with Crippen molar-refractivity contribution in [3.05, 3.63) is 27.7 Å². The minimum absolute atomic E-state index is 0.195. The van der Waals surface area contributed by atoms with Gasteiger partial charge in [0.25, 0.3) is 0 Å². The van der Waals surface area contributed by atoms with Gasteiger partial charge in [-0.15, -0.1) is 0 Å². The summed E-state index contributed by atoms with van der Waals surface area (Å²) in [7, 11) is -1.98. The van der Waals surface area contributed by atoms with Gasteiger partial charge in [-0.2, -0.15) is 0 Å². The summed E-state index contributed by atoms with van der Waals surface area (Å²) in [6, 6.07) is 3.26. The van der Waals surface area contributed by atoms with E-state index in [2.05, 4.69) is 20.7 Å². The third kappa shape index (κ3) is 4.53. The molecule has 0 fully saturated rings. The Morgan fingerprint density at radius 2 is 2.10 bits per heavy atom. The van der Waals surface area contributed by atoms with Gasteiger partial charge in [-0.3, -0.25) is 0 Å². The van der Waals surface area contributed by atoms with Crippen molar-refractivity contribution in [2.75, 3.05) is 13.7 Å². The Balaban J connectivity index is 3.06. The molecule has 1 aromatic carbocycles. The molecule has 0 aliphatic rings. The highest BCUT2D eigenvalue weighted by molar-refractivity contribution is 9.10. The van der Waals surface area contributed by atoms with E-state index in [1.165, 1.54) is 0 Å². The summed E-state index contributed by atoms with van der Waals surface area (Å²) in [5.41, 5.74) is 7.04. The Hall–Kier alpha value is -0.470. The summed E-state index contributed by atoms with van der Waals surface area (Å²) in [5, 5.41) is 0. The number of rotatable bonds is 7. The Labute approximate surface area is 129 Å². The molecule has 0 aromatic heterocycles. The molecule has 1 unspecified atom stereocenters. The maximum absolute atomic E-state index is 12.4. The first-order valence-electron chi connectivity index (χ1n) is 6.32. The molecular formula is C13H21BrN2O3S. The van der Waals surface area contributed by atoms with Crippen LogP contribution in [0.25, 0.3) is 0 Å². The molecule has 114 valence electrons. The molecule has 0 aliphatic heterocycles. The van der Waals surface area contributed by atoms with Crippen molar-refractivity contribution in [3.8, 4) is 0 Å². The van der Waals surface area contributed by atoms with Crippen molar-refractivity contribution in [2.24, 2.45) is 5.73 Å². The van der Waals surface area contributed by atoms with Gasteiger partial charge in [-0.25, -0.2) is 13.1 Å². The van der Waals surface area contributed by atoms with Crippen LogP contribution in [0, 0.1) is 6.92 Å². The molecule has 0 spiro atoms. The van der Waals surface area contributed by atoms with Gasteiger partial charge < -0.3 is 10.5 Å². The number of benzene rings is 1. The lowest BCUT2D eigenvalue weighted by molar-refractivity contribution is 0.188. The second-order valence-electron chi connectivity index (χ2n) is 4.71. The van der Waals surface area contributed by atoms with Crippen LogP contribution >= 0.6 is 15.9 Å². The fraction of sp³-hybridized carbons (Fsp3) is 0.538. The third-order valence-electron chi connectivity index (χ3n) is 2.99. The van der Waals surface area contributed by atoms with Crippen molar-refractivity contribution >= 4 is 26.0 Å². The first kappa shape index (κ1) is 17.6. The highest BCUT2D eigenvalue weighted by Crippen LogP contribution is 2.25. The molecule has 1 rings (SSSR count). The van der Waals surface area contributed by atoms with Crippen LogP contribution in [0.4, 0.5) is 0 Å². The number of nitrogens with one attached hydrogen (secondary N) is 1. The molecule has 0 bridgehead atoms. The monoisotopic (exact) mass is 364 g/mol. The maximum Gasteiger partial charge on any atom is 0.241 e. The van der Waals surface area contributed by atoms with E-state index >= 15 is 0 Å². The van der Waals surface area contributed by atoms with E-state index in [1.807, 2.05) is 13.0 Å². The summed E-state index contributed by atoms with van der Waals surface area (Å²) in [5.74, 6) is 0. The predicted octanol–water partition coefficient (Wildman–Crippen LogP) is 1.92. The zero-order valence-electron chi connectivity index (χ0n) is 11.9. The standard InChI is InChI=1S/C13H21BrN2O3S/c1-9(4-5-19-3)16-20(17,18)13-7-11(8-15)6-12(14)10(13)2/h6-7,9,16H,4-5,8,15H2,1-3H3. The number of sulfonamides is 1. The van der Waals surface area contributed by atoms with Crippen LogP contribution in [0.2, 0.25) is 0 Å². The molecule has 0 aliphatic carbocycles. The van der Waals surface area contributed by atoms with Gasteiger partial charge in [-0.1, -0.05) is 15.9 Å². The number of hydrogen-bond acceptors (Lipinski definition) is 4. The van der Waals surface area contributed by atoms with Gasteiger partial charge in [0, 0.05) is 30.8 Å². The second-order valence-corrected chi connectivity index (χ2v) is 7.25. The summed E-state index contributed by atoms with van der Waals surface area (Å²) in [4.78, 5) is 0.261. The maximum atomic E-state index is 12.4. The van der Waals surface area contributed by atoms with Crippen LogP contribution in [0.1, 0.15) is 24.5 Å². The summed E-state index contributed by atoms with van der Waals surface area (Å²) < 4.78 is 33.2. The van der Waals surface area contributed by atoms with E-state index in [0.717, 1.165) is 10.0 Å². The zero-order valence-corrected chi connectivity index (χ0v) is 14.3. The lowest BCUT2D eigenvalue weighted by Gasteiger charge is -2.16. The summed E-state index contributed by atoms with van der Waals surface area (Å²) in [6.45, 7) is 4.38. The number of nitrogens with two attached hydrogens (primary N) is 1. The number of ether oxygens (including phenoxy) is 1. The van der Waals surface area contributed by atoms with Crippen LogP contribution in [-0.2, 0) is 21.3 Å². The normalized spacial score (nSPS) is 13.4. The Bertz CT molecular complexity index is 561. The number of halogens is 1. The van der Waals surface area contributed by atoms with Crippen molar-refractivity contribution in [2.45, 2.75) is 37.8 Å². The molecule has 20 heavy (non-hydrogen) atoms. The average molecular weight is 365 g/mol. The van der Waals surface area contributed by atoms with Crippen LogP contribution in [-0.4, -0.2) is 28.2 Å². The van der Waals surface area contributed by atoms with E-state index in [0.29, 0.717) is 25.1 Å². The number of hydrogen-bond donors (Lipinski definition) is 2. The number of methoxy groups -OCH3 is 1. The predicted molar refractivity (Wildman–Crippen MR) is 83.0 cm³/mol. The highest BCUT2D eigenvalue weighted by atomic mass is 79.9. The molecular weight excluding hydrogens is 344 g/mol. The zero-order chi connectivity index (χ0) is 15.3. The lowest BCUT2D eigenvalue weighted by Crippen LogP contribution is -2.34. The fourth-order valence-electron chi connectivity index (χ4n) is 1.79. The molecule has 0 saturated heterocycles. The Morgan fingerprint density at radius 1 is 1.45 bits per heavy atom. The topological polar surface area (TPSA) is 81.4 Å². The Kier molecular flexibility index (Phi) is 6.60. The van der Waals surface area contributed by atoms with Crippen molar-refractivity contribution in [1.82, 2.24) is 4.72 Å². The van der Waals surface area contributed by atoms with E-state index in [-0.39, 0.29) is 10.9 Å². The van der Waals surface area contributed by atoms with Crippen LogP contribution in [0.3, 0.4) is 0 Å². The van der Waals surface area contributed by atoms with Gasteiger partial charge >= 0.3 is 0 Å². The van der Waals surface area contributed by atoms with Crippen molar-refractivity contribution in [1.29, 1.82) is 0 Å². The molecule has 7 heteroatoms. The fourth-order valence-corrected chi connectivity index (χ4v) is 4.02. The second kappa shape index (κ2) is 7.51. The van der Waals surface area contributed by atoms with Crippen molar-refractivity contribution in [3.63, 3.8) is 0 Å². The molecule has 0 heterocycles. The first-order valence-corrected chi connectivity index (χ1v) is 8.59. The molecule has 5 nitrogen and oxygen atoms in total. The van der Waals surface area contributed by atoms with Gasteiger partial charge in [0.15, 0.2) is 0 Å². The molecule has 3 N–H and O–H groups in total. The van der Waals surface area contributed by atoms with E-state index in [9.17, 15) is 8.42 Å². The summed E-state index contributed by atoms with van der Waals surface area (Å²) in [6.07, 6.45) is 0.618. The first-order chi connectivity index (χ1) is 9.31. The Morgan fingerprint density at radius 3 is 2.65 bits per heavy atom. The summed E-state index contributed by atoms with van der Waals surface area (Å²) >= 11 is 3.37. The quantitative estimate of drug-likeness (QED) is 0.774. The van der Waals surface area contributed by atoms with Crippen molar-refractivity contribution < 1.29 is 13.2 Å². The minimum Gasteiger partial charge on any atom is -0.385 e. The highest BCUT2D eigenvalue weighted by Gasteiger charge is 2.21. The molecule has 0 saturated carbocycles. The van der Waals surface area contributed by atoms with Gasteiger partial charge in [0.1, 0.15) is 0 Å². The molecule has 1 aromatic rings. The molecule has 0 radical (unpaired) electrons. The van der Waals surface area contributed by atoms with Gasteiger partial charge in [0.2, 0.25) is 10.0 Å². The van der Waals surface area contributed by atoms with Crippen LogP contribution in [0.5, 0.6) is 0 Å². The van der Waals surface area contributed by atoms with E-state index < -0.39 is 10.0 Å². The van der Waals surface area contributed by atoms with Gasteiger partial charge in [0.05, 0.1) is 4.90 Å². The molecule has 1 atom stereocenters. The third-order valence-corrected chi connectivity index (χ3v) is 5.53. The SMILES string of the molecule is COCCC(C)NS(=O)(=O)c1cc(CN)cc(Br)c1C. The molecule has 0 amide bonds. The smallest absolute Gasteiger partial charge is 0.241 e. The van der Waals surface area contributed by atoms with E-state index in [1.54, 1.807) is 20.1 Å². The largest absolute Gasteiger partial charge is 0.385 e.